The molecule has 100 valence electrons. The first-order valence-electron chi connectivity index (χ1n) is 7.00. The standard InChI is InChI=1S/C13H26N2O2/c1-2-13-11(5-8-17-13)12(15-14)9-10-3-6-16-7-4-10/h10-13,15H,2-9,14H2,1H3. The van der Waals surface area contributed by atoms with Gasteiger partial charge in [-0.25, -0.2) is 0 Å². The zero-order chi connectivity index (χ0) is 12.1. The first-order valence-corrected chi connectivity index (χ1v) is 7.00. The molecule has 0 aromatic heterocycles. The van der Waals surface area contributed by atoms with Crippen LogP contribution in [-0.2, 0) is 9.47 Å². The summed E-state index contributed by atoms with van der Waals surface area (Å²) in [6.45, 7) is 4.93. The Hall–Kier alpha value is -0.160. The van der Waals surface area contributed by atoms with Crippen LogP contribution in [0.15, 0.2) is 0 Å². The van der Waals surface area contributed by atoms with Crippen LogP contribution in [0.25, 0.3) is 0 Å². The molecule has 17 heavy (non-hydrogen) atoms. The van der Waals surface area contributed by atoms with E-state index in [1.165, 1.54) is 19.3 Å². The minimum atomic E-state index is 0.399. The molecule has 2 saturated heterocycles. The van der Waals surface area contributed by atoms with Gasteiger partial charge in [-0.15, -0.1) is 0 Å². The smallest absolute Gasteiger partial charge is 0.0616 e. The van der Waals surface area contributed by atoms with Gasteiger partial charge in [0.15, 0.2) is 0 Å². The maximum absolute atomic E-state index is 5.77. The highest BCUT2D eigenvalue weighted by Gasteiger charge is 2.34. The molecule has 0 bridgehead atoms. The highest BCUT2D eigenvalue weighted by Crippen LogP contribution is 2.31. The number of hydrogen-bond donors (Lipinski definition) is 2. The lowest BCUT2D eigenvalue weighted by molar-refractivity contribution is 0.0479. The van der Waals surface area contributed by atoms with Gasteiger partial charge in [-0.05, 0) is 38.0 Å². The fourth-order valence-corrected chi connectivity index (χ4v) is 3.25. The molecular weight excluding hydrogens is 216 g/mol. The molecule has 0 saturated carbocycles. The van der Waals surface area contributed by atoms with Crippen LogP contribution in [0.3, 0.4) is 0 Å². The molecule has 0 amide bonds. The Morgan fingerprint density at radius 3 is 2.65 bits per heavy atom. The Balaban J connectivity index is 1.86. The zero-order valence-corrected chi connectivity index (χ0v) is 10.9. The van der Waals surface area contributed by atoms with E-state index in [1.807, 2.05) is 0 Å². The second-order valence-corrected chi connectivity index (χ2v) is 5.33. The number of hydrogen-bond acceptors (Lipinski definition) is 4. The van der Waals surface area contributed by atoms with Crippen molar-refractivity contribution in [2.24, 2.45) is 17.7 Å². The Kier molecular flexibility index (Phi) is 5.22. The molecule has 2 aliphatic rings. The Labute approximate surface area is 104 Å². The number of rotatable bonds is 5. The average Bonchev–Trinajstić information content (AvgIpc) is 2.85. The van der Waals surface area contributed by atoms with E-state index in [0.29, 0.717) is 18.1 Å². The molecule has 4 heteroatoms. The van der Waals surface area contributed by atoms with E-state index in [9.17, 15) is 0 Å². The van der Waals surface area contributed by atoms with Crippen molar-refractivity contribution in [1.29, 1.82) is 0 Å². The minimum Gasteiger partial charge on any atom is -0.381 e. The molecule has 0 aromatic rings. The first-order chi connectivity index (χ1) is 8.35. The summed E-state index contributed by atoms with van der Waals surface area (Å²) in [5.74, 6) is 7.11. The summed E-state index contributed by atoms with van der Waals surface area (Å²) in [5, 5.41) is 0. The lowest BCUT2D eigenvalue weighted by atomic mass is 9.83. The predicted molar refractivity (Wildman–Crippen MR) is 67.4 cm³/mol. The van der Waals surface area contributed by atoms with E-state index >= 15 is 0 Å². The number of ether oxygens (including phenoxy) is 2. The van der Waals surface area contributed by atoms with E-state index < -0.39 is 0 Å². The monoisotopic (exact) mass is 242 g/mol. The molecule has 2 heterocycles. The summed E-state index contributed by atoms with van der Waals surface area (Å²) in [4.78, 5) is 0. The number of nitrogens with one attached hydrogen (secondary N) is 1. The van der Waals surface area contributed by atoms with Crippen molar-refractivity contribution in [2.75, 3.05) is 19.8 Å². The lowest BCUT2D eigenvalue weighted by Crippen LogP contribution is -2.45. The maximum Gasteiger partial charge on any atom is 0.0616 e. The normalized spacial score (nSPS) is 32.8. The van der Waals surface area contributed by atoms with Gasteiger partial charge < -0.3 is 9.47 Å². The van der Waals surface area contributed by atoms with Gasteiger partial charge in [0.05, 0.1) is 6.10 Å². The van der Waals surface area contributed by atoms with Gasteiger partial charge in [0, 0.05) is 31.8 Å². The zero-order valence-electron chi connectivity index (χ0n) is 10.9. The molecule has 0 spiro atoms. The summed E-state index contributed by atoms with van der Waals surface area (Å²) < 4.78 is 11.2. The van der Waals surface area contributed by atoms with Crippen LogP contribution < -0.4 is 11.3 Å². The van der Waals surface area contributed by atoms with Crippen LogP contribution in [0.5, 0.6) is 0 Å². The fourth-order valence-electron chi connectivity index (χ4n) is 3.25. The van der Waals surface area contributed by atoms with Crippen molar-refractivity contribution in [3.8, 4) is 0 Å². The first kappa shape index (κ1) is 13.3. The molecule has 2 aliphatic heterocycles. The van der Waals surface area contributed by atoms with Crippen molar-refractivity contribution in [2.45, 2.75) is 51.2 Å². The second-order valence-electron chi connectivity index (χ2n) is 5.33. The topological polar surface area (TPSA) is 56.5 Å². The van der Waals surface area contributed by atoms with Crippen LogP contribution in [0.4, 0.5) is 0 Å². The summed E-state index contributed by atoms with van der Waals surface area (Å²) in [5.41, 5.74) is 3.03. The van der Waals surface area contributed by atoms with Gasteiger partial charge in [0.25, 0.3) is 0 Å². The molecule has 2 fully saturated rings. The van der Waals surface area contributed by atoms with Crippen LogP contribution >= 0.6 is 0 Å². The molecule has 4 nitrogen and oxygen atoms in total. The predicted octanol–water partition coefficient (Wildman–Crippen LogP) is 1.45. The number of hydrazine groups is 1. The average molecular weight is 242 g/mol. The Morgan fingerprint density at radius 1 is 1.24 bits per heavy atom. The quantitative estimate of drug-likeness (QED) is 0.566. The largest absolute Gasteiger partial charge is 0.381 e. The second kappa shape index (κ2) is 6.69. The lowest BCUT2D eigenvalue weighted by Gasteiger charge is -2.31. The molecule has 3 unspecified atom stereocenters. The van der Waals surface area contributed by atoms with Crippen molar-refractivity contribution in [3.63, 3.8) is 0 Å². The molecule has 3 atom stereocenters. The maximum atomic E-state index is 5.77. The molecule has 0 radical (unpaired) electrons. The summed E-state index contributed by atoms with van der Waals surface area (Å²) in [6.07, 6.45) is 6.18. The van der Waals surface area contributed by atoms with Gasteiger partial charge in [0.1, 0.15) is 0 Å². The minimum absolute atomic E-state index is 0.399. The fraction of sp³-hybridized carbons (Fsp3) is 1.00. The Morgan fingerprint density at radius 2 is 2.00 bits per heavy atom. The van der Waals surface area contributed by atoms with Gasteiger partial charge in [-0.2, -0.15) is 0 Å². The van der Waals surface area contributed by atoms with E-state index in [0.717, 1.165) is 38.6 Å². The van der Waals surface area contributed by atoms with Gasteiger partial charge in [-0.1, -0.05) is 6.92 Å². The molecule has 2 rings (SSSR count). The van der Waals surface area contributed by atoms with Crippen LogP contribution in [0.2, 0.25) is 0 Å². The van der Waals surface area contributed by atoms with Gasteiger partial charge >= 0.3 is 0 Å². The summed E-state index contributed by atoms with van der Waals surface area (Å²) in [6, 6.07) is 0.408. The van der Waals surface area contributed by atoms with Crippen molar-refractivity contribution >= 4 is 0 Å². The van der Waals surface area contributed by atoms with Crippen LogP contribution in [0, 0.1) is 11.8 Å². The van der Waals surface area contributed by atoms with Crippen molar-refractivity contribution in [3.05, 3.63) is 0 Å². The van der Waals surface area contributed by atoms with Crippen LogP contribution in [-0.4, -0.2) is 32.0 Å². The molecule has 0 aliphatic carbocycles. The van der Waals surface area contributed by atoms with Crippen molar-refractivity contribution < 1.29 is 9.47 Å². The molecule has 0 aromatic carbocycles. The van der Waals surface area contributed by atoms with E-state index in [1.54, 1.807) is 0 Å². The van der Waals surface area contributed by atoms with Crippen molar-refractivity contribution in [1.82, 2.24) is 5.43 Å². The van der Waals surface area contributed by atoms with E-state index in [-0.39, 0.29) is 0 Å². The molecule has 3 N–H and O–H groups in total. The van der Waals surface area contributed by atoms with Gasteiger partial charge in [0.2, 0.25) is 0 Å². The third-order valence-corrected chi connectivity index (χ3v) is 4.32. The number of nitrogens with two attached hydrogens (primary N) is 1. The third kappa shape index (κ3) is 3.41. The summed E-state index contributed by atoms with van der Waals surface area (Å²) >= 11 is 0. The SMILES string of the molecule is CCC1OCCC1C(CC1CCOCC1)NN. The van der Waals surface area contributed by atoms with Crippen LogP contribution in [0.1, 0.15) is 39.0 Å². The highest BCUT2D eigenvalue weighted by molar-refractivity contribution is 4.86. The third-order valence-electron chi connectivity index (χ3n) is 4.32. The van der Waals surface area contributed by atoms with Gasteiger partial charge in [-0.3, -0.25) is 11.3 Å². The van der Waals surface area contributed by atoms with E-state index in [2.05, 4.69) is 12.3 Å². The molecular formula is C13H26N2O2. The highest BCUT2D eigenvalue weighted by atomic mass is 16.5. The van der Waals surface area contributed by atoms with E-state index in [4.69, 9.17) is 15.3 Å². The Bertz CT molecular complexity index is 219. The summed E-state index contributed by atoms with van der Waals surface area (Å²) in [7, 11) is 0.